The summed E-state index contributed by atoms with van der Waals surface area (Å²) in [5.41, 5.74) is 7.60. The topological polar surface area (TPSA) is 121 Å². The molecular weight excluding hydrogens is 316 g/mol. The highest BCUT2D eigenvalue weighted by atomic mass is 32.2. The number of fused-ring (bicyclic) bond motifs is 1. The van der Waals surface area contributed by atoms with Crippen LogP contribution in [0.15, 0.2) is 47.5 Å². The zero-order chi connectivity index (χ0) is 16.4. The number of amides is 1. The zero-order valence-corrected chi connectivity index (χ0v) is 12.8. The molecule has 0 radical (unpaired) electrons. The number of nitrogens with one attached hydrogen (secondary N) is 2. The van der Waals surface area contributed by atoms with Gasteiger partial charge in [0, 0.05) is 24.2 Å². The molecule has 0 bridgehead atoms. The standard InChI is InChI=1S/C15H14N4O3S/c16-14-6-12-10(8-17-14)5-13(19-12)15(20)18-7-9-1-3-11(4-2-9)23(21)22/h1-6,8,19H,7H2,(H2,16,17)(H,18,20)(H,21,22). The fourth-order valence-electron chi connectivity index (χ4n) is 2.17. The third-order valence-corrected chi connectivity index (χ3v) is 4.02. The van der Waals surface area contributed by atoms with E-state index in [-0.39, 0.29) is 5.91 Å². The van der Waals surface area contributed by atoms with Crippen molar-refractivity contribution in [2.24, 2.45) is 0 Å². The molecule has 0 aliphatic carbocycles. The van der Waals surface area contributed by atoms with Crippen LogP contribution >= 0.6 is 0 Å². The molecule has 2 aromatic heterocycles. The number of nitrogens with two attached hydrogens (primary N) is 1. The smallest absolute Gasteiger partial charge is 0.267 e. The summed E-state index contributed by atoms with van der Waals surface area (Å²) in [6, 6.07) is 9.86. The van der Waals surface area contributed by atoms with E-state index in [0.717, 1.165) is 16.5 Å². The fourth-order valence-corrected chi connectivity index (χ4v) is 2.53. The van der Waals surface area contributed by atoms with Gasteiger partial charge in [0.25, 0.3) is 5.91 Å². The van der Waals surface area contributed by atoms with Crippen LogP contribution < -0.4 is 11.1 Å². The Hall–Kier alpha value is -2.71. The summed E-state index contributed by atoms with van der Waals surface area (Å²) in [4.78, 5) is 19.5. The summed E-state index contributed by atoms with van der Waals surface area (Å²) in [5.74, 6) is 0.127. The van der Waals surface area contributed by atoms with E-state index < -0.39 is 11.1 Å². The first-order valence-corrected chi connectivity index (χ1v) is 7.86. The average Bonchev–Trinajstić information content (AvgIpc) is 2.96. The number of anilines is 1. The van der Waals surface area contributed by atoms with E-state index in [4.69, 9.17) is 10.3 Å². The van der Waals surface area contributed by atoms with Gasteiger partial charge in [0.2, 0.25) is 0 Å². The van der Waals surface area contributed by atoms with Crippen LogP contribution in [0.4, 0.5) is 5.82 Å². The van der Waals surface area contributed by atoms with Gasteiger partial charge in [-0.1, -0.05) is 12.1 Å². The highest BCUT2D eigenvalue weighted by Crippen LogP contribution is 2.16. The Morgan fingerprint density at radius 3 is 2.74 bits per heavy atom. The maximum absolute atomic E-state index is 12.2. The molecule has 3 rings (SSSR count). The van der Waals surface area contributed by atoms with Crippen LogP contribution in [0.5, 0.6) is 0 Å². The molecule has 118 valence electrons. The molecule has 1 aromatic carbocycles. The molecule has 0 spiro atoms. The first kappa shape index (κ1) is 15.2. The van der Waals surface area contributed by atoms with E-state index in [1.807, 2.05) is 0 Å². The Morgan fingerprint density at radius 2 is 2.04 bits per heavy atom. The number of hydrogen-bond acceptors (Lipinski definition) is 4. The number of nitrogens with zero attached hydrogens (tertiary/aromatic N) is 1. The van der Waals surface area contributed by atoms with Gasteiger partial charge in [-0.3, -0.25) is 4.79 Å². The lowest BCUT2D eigenvalue weighted by Crippen LogP contribution is -2.23. The molecule has 1 amide bonds. The minimum atomic E-state index is -2.00. The molecule has 5 N–H and O–H groups in total. The zero-order valence-electron chi connectivity index (χ0n) is 11.9. The first-order valence-electron chi connectivity index (χ1n) is 6.75. The van der Waals surface area contributed by atoms with Gasteiger partial charge < -0.3 is 20.6 Å². The molecule has 0 aliphatic rings. The number of rotatable bonds is 4. The van der Waals surface area contributed by atoms with Gasteiger partial charge in [0.15, 0.2) is 11.1 Å². The quantitative estimate of drug-likeness (QED) is 0.542. The van der Waals surface area contributed by atoms with E-state index in [2.05, 4.69) is 15.3 Å². The van der Waals surface area contributed by atoms with E-state index in [1.165, 1.54) is 0 Å². The predicted molar refractivity (Wildman–Crippen MR) is 87.2 cm³/mol. The lowest BCUT2D eigenvalue weighted by Gasteiger charge is -2.04. The van der Waals surface area contributed by atoms with Gasteiger partial charge in [-0.05, 0) is 23.8 Å². The van der Waals surface area contributed by atoms with E-state index in [9.17, 15) is 9.00 Å². The number of aromatic nitrogens is 2. The molecule has 0 aliphatic heterocycles. The average molecular weight is 330 g/mol. The van der Waals surface area contributed by atoms with Crippen LogP contribution in [0.3, 0.4) is 0 Å². The van der Waals surface area contributed by atoms with Gasteiger partial charge in [-0.15, -0.1) is 0 Å². The van der Waals surface area contributed by atoms with Gasteiger partial charge >= 0.3 is 0 Å². The fraction of sp³-hybridized carbons (Fsp3) is 0.0667. The van der Waals surface area contributed by atoms with Gasteiger partial charge in [-0.25, -0.2) is 9.19 Å². The Morgan fingerprint density at radius 1 is 1.30 bits per heavy atom. The summed E-state index contributed by atoms with van der Waals surface area (Å²) in [5, 5.41) is 3.58. The van der Waals surface area contributed by atoms with Gasteiger partial charge in [0.05, 0.1) is 10.4 Å². The van der Waals surface area contributed by atoms with Crippen molar-refractivity contribution in [3.63, 3.8) is 0 Å². The highest BCUT2D eigenvalue weighted by molar-refractivity contribution is 7.79. The Kier molecular flexibility index (Phi) is 4.09. The summed E-state index contributed by atoms with van der Waals surface area (Å²) < 4.78 is 19.9. The number of aromatic amines is 1. The van der Waals surface area contributed by atoms with Crippen molar-refractivity contribution in [3.05, 3.63) is 53.9 Å². The molecule has 23 heavy (non-hydrogen) atoms. The maximum Gasteiger partial charge on any atom is 0.267 e. The van der Waals surface area contributed by atoms with Crippen molar-refractivity contribution in [2.75, 3.05) is 5.73 Å². The molecule has 2 heterocycles. The number of H-pyrrole nitrogens is 1. The predicted octanol–water partition coefficient (Wildman–Crippen LogP) is 1.66. The number of carbonyl (C=O) groups excluding carboxylic acids is 1. The van der Waals surface area contributed by atoms with Gasteiger partial charge in [0.1, 0.15) is 11.5 Å². The number of benzene rings is 1. The summed E-state index contributed by atoms with van der Waals surface area (Å²) in [6.45, 7) is 0.312. The van der Waals surface area contributed by atoms with Crippen LogP contribution in [-0.2, 0) is 17.6 Å². The number of carbonyl (C=O) groups is 1. The van der Waals surface area contributed by atoms with E-state index >= 15 is 0 Å². The van der Waals surface area contributed by atoms with Crippen LogP contribution in [0.2, 0.25) is 0 Å². The molecule has 0 fully saturated rings. The first-order chi connectivity index (χ1) is 11.0. The highest BCUT2D eigenvalue weighted by Gasteiger charge is 2.10. The summed E-state index contributed by atoms with van der Waals surface area (Å²) >= 11 is -2.00. The molecule has 7 nitrogen and oxygen atoms in total. The van der Waals surface area contributed by atoms with Crippen molar-refractivity contribution >= 4 is 33.7 Å². The van der Waals surface area contributed by atoms with Crippen LogP contribution in [0.1, 0.15) is 16.1 Å². The van der Waals surface area contributed by atoms with Crippen molar-refractivity contribution in [3.8, 4) is 0 Å². The third kappa shape index (κ3) is 3.38. The van der Waals surface area contributed by atoms with Crippen molar-refractivity contribution in [1.82, 2.24) is 15.3 Å². The monoisotopic (exact) mass is 330 g/mol. The van der Waals surface area contributed by atoms with Crippen molar-refractivity contribution < 1.29 is 13.6 Å². The van der Waals surface area contributed by atoms with Crippen LogP contribution in [0, 0.1) is 0 Å². The molecular formula is C15H14N4O3S. The van der Waals surface area contributed by atoms with E-state index in [0.29, 0.717) is 23.0 Å². The van der Waals surface area contributed by atoms with Crippen molar-refractivity contribution in [2.45, 2.75) is 11.4 Å². The third-order valence-electron chi connectivity index (χ3n) is 3.35. The summed E-state index contributed by atoms with van der Waals surface area (Å²) in [6.07, 6.45) is 1.60. The SMILES string of the molecule is Nc1cc2[nH]c(C(=O)NCc3ccc(S(=O)O)cc3)cc2cn1. The molecule has 8 heteroatoms. The Labute approximate surface area is 134 Å². The minimum Gasteiger partial charge on any atom is -0.384 e. The number of hydrogen-bond donors (Lipinski definition) is 4. The van der Waals surface area contributed by atoms with Crippen LogP contribution in [-0.4, -0.2) is 24.6 Å². The largest absolute Gasteiger partial charge is 0.384 e. The number of pyridine rings is 1. The lowest BCUT2D eigenvalue weighted by atomic mass is 10.2. The van der Waals surface area contributed by atoms with E-state index in [1.54, 1.807) is 42.6 Å². The molecule has 1 unspecified atom stereocenters. The second-order valence-electron chi connectivity index (χ2n) is 4.96. The normalized spacial score (nSPS) is 12.2. The number of nitrogen functional groups attached to an aromatic ring is 1. The molecule has 0 saturated heterocycles. The van der Waals surface area contributed by atoms with Crippen molar-refractivity contribution in [1.29, 1.82) is 0 Å². The van der Waals surface area contributed by atoms with Gasteiger partial charge in [-0.2, -0.15) is 0 Å². The Bertz CT molecular complexity index is 889. The second kappa shape index (κ2) is 6.19. The molecule has 3 aromatic rings. The minimum absolute atomic E-state index is 0.255. The molecule has 0 saturated carbocycles. The molecule has 1 atom stereocenters. The summed E-state index contributed by atoms with van der Waals surface area (Å²) in [7, 11) is 0. The second-order valence-corrected chi connectivity index (χ2v) is 5.92. The Balaban J connectivity index is 1.69. The van der Waals surface area contributed by atoms with Crippen LogP contribution in [0.25, 0.3) is 10.9 Å². The maximum atomic E-state index is 12.2. The lowest BCUT2D eigenvalue weighted by molar-refractivity contribution is 0.0946.